The quantitative estimate of drug-likeness (QED) is 0.570. The maximum absolute atomic E-state index is 11.6. The molecule has 0 atom stereocenters. The Balaban J connectivity index is 3.22. The third kappa shape index (κ3) is 3.83. The zero-order valence-corrected chi connectivity index (χ0v) is 11.8. The molecule has 20 heavy (non-hydrogen) atoms. The average molecular weight is 302 g/mol. The Labute approximate surface area is 115 Å². The number of sulfonamides is 1. The van der Waals surface area contributed by atoms with Crippen molar-refractivity contribution in [2.45, 2.75) is 11.3 Å². The maximum Gasteiger partial charge on any atom is 0.274 e. The van der Waals surface area contributed by atoms with Gasteiger partial charge in [-0.3, -0.25) is 14.9 Å². The largest absolute Gasteiger partial charge is 0.377 e. The van der Waals surface area contributed by atoms with Gasteiger partial charge >= 0.3 is 0 Å². The van der Waals surface area contributed by atoms with Crippen molar-refractivity contribution in [1.29, 1.82) is 0 Å². The second-order valence-electron chi connectivity index (χ2n) is 3.90. The van der Waals surface area contributed by atoms with Gasteiger partial charge in [-0.2, -0.15) is 0 Å². The number of nitrogens with one attached hydrogen (secondary N) is 1. The molecule has 0 bridgehead atoms. The van der Waals surface area contributed by atoms with Crippen LogP contribution < -0.4 is 4.72 Å². The first-order valence-corrected chi connectivity index (χ1v) is 7.01. The van der Waals surface area contributed by atoms with Gasteiger partial charge in [-0.15, -0.1) is 0 Å². The van der Waals surface area contributed by atoms with Gasteiger partial charge in [0.15, 0.2) is 5.78 Å². The molecule has 0 amide bonds. The van der Waals surface area contributed by atoms with Crippen LogP contribution in [-0.2, 0) is 26.0 Å². The molecule has 0 saturated heterocycles. The van der Waals surface area contributed by atoms with E-state index in [1.165, 1.54) is 26.3 Å². The molecule has 0 aliphatic rings. The van der Waals surface area contributed by atoms with Crippen molar-refractivity contribution < 1.29 is 22.9 Å². The molecule has 0 unspecified atom stereocenters. The fraction of sp³-hybridized carbons (Fsp3) is 0.364. The summed E-state index contributed by atoms with van der Waals surface area (Å²) < 4.78 is 29.9. The minimum atomic E-state index is -3.77. The van der Waals surface area contributed by atoms with E-state index >= 15 is 0 Å². The Morgan fingerprint density at radius 1 is 1.45 bits per heavy atom. The second-order valence-corrected chi connectivity index (χ2v) is 5.79. The number of benzene rings is 1. The first-order chi connectivity index (χ1) is 9.31. The summed E-state index contributed by atoms with van der Waals surface area (Å²) in [7, 11) is -1.23. The van der Waals surface area contributed by atoms with Crippen molar-refractivity contribution in [3.63, 3.8) is 0 Å². The van der Waals surface area contributed by atoms with Crippen LogP contribution in [0.1, 0.15) is 5.56 Å². The number of nitrogens with zero attached hydrogens (tertiary/aromatic N) is 1. The van der Waals surface area contributed by atoms with Crippen molar-refractivity contribution in [1.82, 2.24) is 4.72 Å². The SMILES string of the molecule is CNS(=O)(=O)c1ccc(CC(=O)COC)c([N+](=O)[O-])c1. The minimum Gasteiger partial charge on any atom is -0.377 e. The summed E-state index contributed by atoms with van der Waals surface area (Å²) >= 11 is 0. The number of methoxy groups -OCH3 is 1. The fourth-order valence-corrected chi connectivity index (χ4v) is 2.32. The van der Waals surface area contributed by atoms with Crippen LogP contribution in [0.2, 0.25) is 0 Å². The number of Topliss-reactive ketones (excluding diaryl/α,β-unsaturated/α-hetero) is 1. The number of ketones is 1. The molecule has 1 rings (SSSR count). The molecule has 0 heterocycles. The summed E-state index contributed by atoms with van der Waals surface area (Å²) in [5.41, 5.74) is -0.266. The summed E-state index contributed by atoms with van der Waals surface area (Å²) in [6.07, 6.45) is -0.190. The molecule has 110 valence electrons. The third-order valence-corrected chi connectivity index (χ3v) is 3.94. The number of carbonyl (C=O) groups excluding carboxylic acids is 1. The van der Waals surface area contributed by atoms with E-state index in [-0.39, 0.29) is 29.3 Å². The van der Waals surface area contributed by atoms with Gasteiger partial charge in [-0.05, 0) is 13.1 Å². The van der Waals surface area contributed by atoms with Crippen LogP contribution in [-0.4, -0.2) is 39.9 Å². The van der Waals surface area contributed by atoms with E-state index < -0.39 is 20.6 Å². The van der Waals surface area contributed by atoms with Crippen molar-refractivity contribution in [3.05, 3.63) is 33.9 Å². The van der Waals surface area contributed by atoms with Crippen LogP contribution in [0.3, 0.4) is 0 Å². The van der Waals surface area contributed by atoms with E-state index in [9.17, 15) is 23.3 Å². The third-order valence-electron chi connectivity index (χ3n) is 2.53. The molecule has 0 aromatic heterocycles. The first kappa shape index (κ1) is 16.2. The predicted octanol–water partition coefficient (Wildman–Crippen LogP) is 0.261. The van der Waals surface area contributed by atoms with Crippen molar-refractivity contribution in [2.75, 3.05) is 20.8 Å². The number of nitro benzene ring substituents is 1. The Morgan fingerprint density at radius 2 is 2.10 bits per heavy atom. The topological polar surface area (TPSA) is 116 Å². The lowest BCUT2D eigenvalue weighted by atomic mass is 10.1. The molecular formula is C11H14N2O6S. The summed E-state index contributed by atoms with van der Waals surface area (Å²) in [6, 6.07) is 3.41. The predicted molar refractivity (Wildman–Crippen MR) is 69.9 cm³/mol. The van der Waals surface area contributed by atoms with E-state index in [2.05, 4.69) is 9.46 Å². The fourth-order valence-electron chi connectivity index (χ4n) is 1.57. The van der Waals surface area contributed by atoms with Crippen LogP contribution in [0, 0.1) is 10.1 Å². The number of nitro groups is 1. The van der Waals surface area contributed by atoms with Crippen LogP contribution in [0.15, 0.2) is 23.1 Å². The van der Waals surface area contributed by atoms with E-state index in [0.29, 0.717) is 0 Å². The van der Waals surface area contributed by atoms with E-state index in [1.54, 1.807) is 0 Å². The zero-order chi connectivity index (χ0) is 15.3. The van der Waals surface area contributed by atoms with Gasteiger partial charge in [0, 0.05) is 25.2 Å². The number of hydrogen-bond donors (Lipinski definition) is 1. The maximum atomic E-state index is 11.6. The molecule has 1 aromatic rings. The number of rotatable bonds is 7. The highest BCUT2D eigenvalue weighted by Crippen LogP contribution is 2.23. The van der Waals surface area contributed by atoms with Gasteiger partial charge in [0.05, 0.1) is 9.82 Å². The molecular weight excluding hydrogens is 288 g/mol. The van der Waals surface area contributed by atoms with Crippen LogP contribution >= 0.6 is 0 Å². The van der Waals surface area contributed by atoms with Crippen LogP contribution in [0.4, 0.5) is 5.69 Å². The Bertz CT molecular complexity index is 626. The Morgan fingerprint density at radius 3 is 2.60 bits per heavy atom. The summed E-state index contributed by atoms with van der Waals surface area (Å²) in [6.45, 7) is -0.159. The lowest BCUT2D eigenvalue weighted by Crippen LogP contribution is -2.19. The number of carbonyl (C=O) groups is 1. The second kappa shape index (κ2) is 6.55. The van der Waals surface area contributed by atoms with E-state index in [1.807, 2.05) is 0 Å². The average Bonchev–Trinajstić information content (AvgIpc) is 2.38. The zero-order valence-electron chi connectivity index (χ0n) is 11.0. The van der Waals surface area contributed by atoms with Crippen molar-refractivity contribution in [2.24, 2.45) is 0 Å². The van der Waals surface area contributed by atoms with E-state index in [4.69, 9.17) is 0 Å². The molecule has 9 heteroatoms. The van der Waals surface area contributed by atoms with Crippen molar-refractivity contribution in [3.8, 4) is 0 Å². The highest BCUT2D eigenvalue weighted by atomic mass is 32.2. The first-order valence-electron chi connectivity index (χ1n) is 5.53. The lowest BCUT2D eigenvalue weighted by Gasteiger charge is -2.06. The number of hydrogen-bond acceptors (Lipinski definition) is 6. The monoisotopic (exact) mass is 302 g/mol. The molecule has 0 spiro atoms. The molecule has 0 saturated carbocycles. The standard InChI is InChI=1S/C11H14N2O6S/c1-12-20(17,18)10-4-3-8(5-9(14)7-19-2)11(6-10)13(15)16/h3-4,6,12H,5,7H2,1-2H3. The molecule has 0 radical (unpaired) electrons. The van der Waals surface area contributed by atoms with Gasteiger partial charge in [0.25, 0.3) is 5.69 Å². The smallest absolute Gasteiger partial charge is 0.274 e. The van der Waals surface area contributed by atoms with Crippen molar-refractivity contribution >= 4 is 21.5 Å². The van der Waals surface area contributed by atoms with Gasteiger partial charge in [-0.25, -0.2) is 13.1 Å². The lowest BCUT2D eigenvalue weighted by molar-refractivity contribution is -0.385. The summed E-state index contributed by atoms with van der Waals surface area (Å²) in [4.78, 5) is 21.5. The molecule has 1 aromatic carbocycles. The number of ether oxygens (including phenoxy) is 1. The molecule has 8 nitrogen and oxygen atoms in total. The molecule has 1 N–H and O–H groups in total. The van der Waals surface area contributed by atoms with Gasteiger partial charge in [0.1, 0.15) is 6.61 Å². The Hall–Kier alpha value is -1.84. The molecule has 0 fully saturated rings. The highest BCUT2D eigenvalue weighted by molar-refractivity contribution is 7.89. The van der Waals surface area contributed by atoms with Gasteiger partial charge in [-0.1, -0.05) is 6.07 Å². The Kier molecular flexibility index (Phi) is 5.31. The summed E-state index contributed by atoms with van der Waals surface area (Å²) in [5, 5.41) is 11.0. The van der Waals surface area contributed by atoms with Gasteiger partial charge < -0.3 is 4.74 Å². The molecule has 0 aliphatic heterocycles. The highest BCUT2D eigenvalue weighted by Gasteiger charge is 2.21. The normalized spacial score (nSPS) is 11.3. The van der Waals surface area contributed by atoms with Crippen LogP contribution in [0.5, 0.6) is 0 Å². The van der Waals surface area contributed by atoms with Crippen LogP contribution in [0.25, 0.3) is 0 Å². The van der Waals surface area contributed by atoms with Gasteiger partial charge in [0.2, 0.25) is 10.0 Å². The summed E-state index contributed by atoms with van der Waals surface area (Å²) in [5.74, 6) is -0.333. The molecule has 0 aliphatic carbocycles. The van der Waals surface area contributed by atoms with E-state index in [0.717, 1.165) is 6.07 Å². The minimum absolute atomic E-state index is 0.145.